The lowest BCUT2D eigenvalue weighted by atomic mass is 10.0. The van der Waals surface area contributed by atoms with Gasteiger partial charge in [0.15, 0.2) is 10.6 Å². The van der Waals surface area contributed by atoms with Crippen molar-refractivity contribution in [3.05, 3.63) is 101 Å². The number of H-pyrrole nitrogens is 1. The molecule has 5 aromatic rings. The van der Waals surface area contributed by atoms with Crippen LogP contribution in [0.15, 0.2) is 84.9 Å². The van der Waals surface area contributed by atoms with Gasteiger partial charge in [0, 0.05) is 16.5 Å². The minimum atomic E-state index is -0.262. The number of rotatable bonds is 4. The summed E-state index contributed by atoms with van der Waals surface area (Å²) in [6, 6.07) is 26.5. The Kier molecular flexibility index (Phi) is 4.69. The van der Waals surface area contributed by atoms with Crippen LogP contribution in [0, 0.1) is 10.6 Å². The van der Waals surface area contributed by atoms with Gasteiger partial charge >= 0.3 is 0 Å². The Labute approximate surface area is 177 Å². The lowest BCUT2D eigenvalue weighted by molar-refractivity contribution is 0.626. The SMILES string of the molecule is Fc1ccc(Cn2c(-c3cc(-c4ccccc4)nc4ccccc34)n[nH]c2=S)cc1. The van der Waals surface area contributed by atoms with Gasteiger partial charge in [0.1, 0.15) is 5.82 Å². The van der Waals surface area contributed by atoms with Crippen LogP contribution >= 0.6 is 12.2 Å². The Hall–Kier alpha value is -3.64. The van der Waals surface area contributed by atoms with E-state index in [1.165, 1.54) is 12.1 Å². The van der Waals surface area contributed by atoms with E-state index in [1.54, 1.807) is 12.1 Å². The van der Waals surface area contributed by atoms with Crippen molar-refractivity contribution >= 4 is 23.1 Å². The van der Waals surface area contributed by atoms with Gasteiger partial charge in [-0.2, -0.15) is 5.10 Å². The van der Waals surface area contributed by atoms with E-state index in [9.17, 15) is 4.39 Å². The Balaban J connectivity index is 1.70. The molecule has 0 amide bonds. The highest BCUT2D eigenvalue weighted by atomic mass is 32.1. The molecule has 0 radical (unpaired) electrons. The highest BCUT2D eigenvalue weighted by Gasteiger charge is 2.15. The van der Waals surface area contributed by atoms with Crippen molar-refractivity contribution in [3.8, 4) is 22.6 Å². The van der Waals surface area contributed by atoms with Crippen molar-refractivity contribution < 1.29 is 4.39 Å². The van der Waals surface area contributed by atoms with Crippen LogP contribution in [0.1, 0.15) is 5.56 Å². The third-order valence-electron chi connectivity index (χ3n) is 5.04. The second kappa shape index (κ2) is 7.65. The number of fused-ring (bicyclic) bond motifs is 1. The molecule has 0 unspecified atom stereocenters. The number of aromatic nitrogens is 4. The summed E-state index contributed by atoms with van der Waals surface area (Å²) in [6.07, 6.45) is 0. The monoisotopic (exact) mass is 412 g/mol. The number of hydrogen-bond acceptors (Lipinski definition) is 3. The van der Waals surface area contributed by atoms with E-state index in [2.05, 4.69) is 10.2 Å². The average Bonchev–Trinajstić information content (AvgIpc) is 3.15. The molecule has 0 bridgehead atoms. The number of benzene rings is 3. The largest absolute Gasteiger partial charge is 0.296 e. The van der Waals surface area contributed by atoms with Crippen LogP contribution in [0.5, 0.6) is 0 Å². The first-order valence-corrected chi connectivity index (χ1v) is 9.95. The van der Waals surface area contributed by atoms with Crippen LogP contribution < -0.4 is 0 Å². The van der Waals surface area contributed by atoms with Crippen molar-refractivity contribution in [3.63, 3.8) is 0 Å². The minimum Gasteiger partial charge on any atom is -0.296 e. The Bertz CT molecular complexity index is 1390. The molecule has 0 saturated heterocycles. The number of pyridine rings is 1. The van der Waals surface area contributed by atoms with Crippen LogP contribution in [0.2, 0.25) is 0 Å². The fourth-order valence-electron chi connectivity index (χ4n) is 3.56. The summed E-state index contributed by atoms with van der Waals surface area (Å²) in [5.41, 5.74) is 4.66. The normalized spacial score (nSPS) is 11.1. The summed E-state index contributed by atoms with van der Waals surface area (Å²) >= 11 is 5.50. The van der Waals surface area contributed by atoms with Gasteiger partial charge in [-0.3, -0.25) is 9.67 Å². The third kappa shape index (κ3) is 3.42. The molecule has 30 heavy (non-hydrogen) atoms. The van der Waals surface area contributed by atoms with Crippen LogP contribution in [0.25, 0.3) is 33.5 Å². The highest BCUT2D eigenvalue weighted by molar-refractivity contribution is 7.71. The first-order valence-electron chi connectivity index (χ1n) is 9.54. The van der Waals surface area contributed by atoms with Crippen LogP contribution in [0.4, 0.5) is 4.39 Å². The third-order valence-corrected chi connectivity index (χ3v) is 5.35. The average molecular weight is 412 g/mol. The zero-order valence-electron chi connectivity index (χ0n) is 15.9. The van der Waals surface area contributed by atoms with Gasteiger partial charge in [0.25, 0.3) is 0 Å². The zero-order valence-corrected chi connectivity index (χ0v) is 16.7. The molecule has 146 valence electrons. The molecular formula is C24H17FN4S. The van der Waals surface area contributed by atoms with Gasteiger partial charge in [-0.1, -0.05) is 60.7 Å². The van der Waals surface area contributed by atoms with E-state index in [-0.39, 0.29) is 5.82 Å². The summed E-state index contributed by atoms with van der Waals surface area (Å²) in [5.74, 6) is 0.461. The molecule has 0 saturated carbocycles. The highest BCUT2D eigenvalue weighted by Crippen LogP contribution is 2.31. The van der Waals surface area contributed by atoms with E-state index >= 15 is 0 Å². The molecule has 0 aliphatic rings. The standard InChI is InChI=1S/C24H17FN4S/c25-18-12-10-16(11-13-18)15-29-23(27-28-24(29)30)20-14-22(17-6-2-1-3-7-17)26-21-9-5-4-8-19(20)21/h1-14H,15H2,(H,28,30). The molecule has 2 aromatic heterocycles. The maximum atomic E-state index is 13.3. The molecule has 0 aliphatic carbocycles. The van der Waals surface area contributed by atoms with E-state index in [0.717, 1.165) is 39.1 Å². The molecule has 4 nitrogen and oxygen atoms in total. The Morgan fingerprint density at radius 2 is 1.63 bits per heavy atom. The summed E-state index contributed by atoms with van der Waals surface area (Å²) in [6.45, 7) is 0.488. The lowest BCUT2D eigenvalue weighted by Crippen LogP contribution is -2.03. The summed E-state index contributed by atoms with van der Waals surface area (Å²) in [5, 5.41) is 8.43. The van der Waals surface area contributed by atoms with Crippen molar-refractivity contribution in [2.24, 2.45) is 0 Å². The predicted molar refractivity (Wildman–Crippen MR) is 119 cm³/mol. The van der Waals surface area contributed by atoms with E-state index in [0.29, 0.717) is 11.3 Å². The van der Waals surface area contributed by atoms with Crippen LogP contribution in [-0.4, -0.2) is 19.7 Å². The lowest BCUT2D eigenvalue weighted by Gasteiger charge is -2.12. The topological polar surface area (TPSA) is 46.5 Å². The minimum absolute atomic E-state index is 0.262. The molecule has 0 fully saturated rings. The second-order valence-corrected chi connectivity index (χ2v) is 7.39. The number of nitrogens with one attached hydrogen (secondary N) is 1. The van der Waals surface area contributed by atoms with Gasteiger partial charge in [-0.05, 0) is 42.0 Å². The summed E-state index contributed by atoms with van der Waals surface area (Å²) in [4.78, 5) is 4.85. The molecule has 3 aromatic carbocycles. The van der Waals surface area contributed by atoms with Gasteiger partial charge in [0.2, 0.25) is 0 Å². The van der Waals surface area contributed by atoms with Crippen molar-refractivity contribution in [1.82, 2.24) is 19.7 Å². The first-order chi connectivity index (χ1) is 14.7. The smallest absolute Gasteiger partial charge is 0.195 e. The Morgan fingerprint density at radius 3 is 2.43 bits per heavy atom. The molecule has 1 N–H and O–H groups in total. The first kappa shape index (κ1) is 18.4. The van der Waals surface area contributed by atoms with Crippen LogP contribution in [0.3, 0.4) is 0 Å². The van der Waals surface area contributed by atoms with Crippen LogP contribution in [-0.2, 0) is 6.54 Å². The van der Waals surface area contributed by atoms with E-state index < -0.39 is 0 Å². The number of para-hydroxylation sites is 1. The molecule has 0 spiro atoms. The van der Waals surface area contributed by atoms with Crippen molar-refractivity contribution in [2.75, 3.05) is 0 Å². The molecule has 5 rings (SSSR count). The maximum absolute atomic E-state index is 13.3. The predicted octanol–water partition coefficient (Wildman–Crippen LogP) is 6.01. The van der Waals surface area contributed by atoms with Crippen molar-refractivity contribution in [1.29, 1.82) is 0 Å². The number of nitrogens with zero attached hydrogens (tertiary/aromatic N) is 3. The van der Waals surface area contributed by atoms with Gasteiger partial charge < -0.3 is 0 Å². The van der Waals surface area contributed by atoms with Gasteiger partial charge in [-0.25, -0.2) is 9.37 Å². The van der Waals surface area contributed by atoms with Crippen molar-refractivity contribution in [2.45, 2.75) is 6.54 Å². The molecular weight excluding hydrogens is 395 g/mol. The summed E-state index contributed by atoms with van der Waals surface area (Å²) in [7, 11) is 0. The molecule has 0 aliphatic heterocycles. The van der Waals surface area contributed by atoms with Gasteiger partial charge in [-0.15, -0.1) is 0 Å². The second-order valence-electron chi connectivity index (χ2n) is 7.00. The summed E-state index contributed by atoms with van der Waals surface area (Å²) < 4.78 is 15.8. The number of halogens is 1. The molecule has 2 heterocycles. The molecule has 0 atom stereocenters. The zero-order chi connectivity index (χ0) is 20.5. The Morgan fingerprint density at radius 1 is 0.900 bits per heavy atom. The fourth-order valence-corrected chi connectivity index (χ4v) is 3.76. The molecule has 6 heteroatoms. The number of hydrogen-bond donors (Lipinski definition) is 1. The quantitative estimate of drug-likeness (QED) is 0.368. The van der Waals surface area contributed by atoms with Gasteiger partial charge in [0.05, 0.1) is 17.8 Å². The fraction of sp³-hybridized carbons (Fsp3) is 0.0417. The maximum Gasteiger partial charge on any atom is 0.195 e. The van der Waals surface area contributed by atoms with E-state index in [1.807, 2.05) is 65.2 Å². The van der Waals surface area contributed by atoms with E-state index in [4.69, 9.17) is 17.2 Å². The number of aromatic amines is 1.